The smallest absolute Gasteiger partial charge is 0.330 e. The minimum Gasteiger partial charge on any atom is -0.493 e. The first kappa shape index (κ1) is 21.9. The lowest BCUT2D eigenvalue weighted by molar-refractivity contribution is 0.354. The van der Waals surface area contributed by atoms with E-state index in [4.69, 9.17) is 20.2 Å². The molecular formula is C25H30N4O3. The van der Waals surface area contributed by atoms with Crippen LogP contribution in [0, 0.1) is 20.8 Å². The third kappa shape index (κ3) is 3.73. The van der Waals surface area contributed by atoms with Gasteiger partial charge < -0.3 is 15.2 Å². The van der Waals surface area contributed by atoms with Gasteiger partial charge in [-0.1, -0.05) is 17.7 Å². The molecule has 32 heavy (non-hydrogen) atoms. The molecule has 0 radical (unpaired) electrons. The lowest BCUT2D eigenvalue weighted by Crippen LogP contribution is -2.43. The summed E-state index contributed by atoms with van der Waals surface area (Å²) in [6.45, 7) is 7.51. The van der Waals surface area contributed by atoms with Gasteiger partial charge in [-0.3, -0.25) is 9.13 Å². The van der Waals surface area contributed by atoms with Crippen molar-refractivity contribution >= 4 is 5.69 Å². The molecular weight excluding hydrogens is 404 g/mol. The largest absolute Gasteiger partial charge is 0.493 e. The molecule has 0 bridgehead atoms. The van der Waals surface area contributed by atoms with Crippen LogP contribution in [0.2, 0.25) is 0 Å². The first-order valence-electron chi connectivity index (χ1n) is 10.8. The van der Waals surface area contributed by atoms with Gasteiger partial charge >= 0.3 is 5.69 Å². The zero-order valence-electron chi connectivity index (χ0n) is 19.4. The average Bonchev–Trinajstić information content (AvgIpc) is 2.77. The minimum absolute atomic E-state index is 0.102. The van der Waals surface area contributed by atoms with Gasteiger partial charge in [-0.2, -0.15) is 0 Å². The Hall–Kier alpha value is -3.32. The summed E-state index contributed by atoms with van der Waals surface area (Å²) in [6.07, 6.45) is 0.734. The summed E-state index contributed by atoms with van der Waals surface area (Å²) < 4.78 is 14.5. The van der Waals surface area contributed by atoms with Gasteiger partial charge in [0, 0.05) is 31.3 Å². The Morgan fingerprint density at radius 3 is 2.28 bits per heavy atom. The monoisotopic (exact) mass is 434 g/mol. The Morgan fingerprint density at radius 1 is 1.00 bits per heavy atom. The molecule has 7 heteroatoms. The van der Waals surface area contributed by atoms with Crippen LogP contribution < -0.4 is 26.4 Å². The number of nitrogens with zero attached hydrogens (tertiary/aromatic N) is 3. The Bertz CT molecular complexity index is 1290. The molecule has 7 nitrogen and oxygen atoms in total. The van der Waals surface area contributed by atoms with Crippen LogP contribution in [-0.2, 0) is 19.5 Å². The molecule has 0 fully saturated rings. The van der Waals surface area contributed by atoms with Crippen molar-refractivity contribution < 1.29 is 9.47 Å². The van der Waals surface area contributed by atoms with Crippen molar-refractivity contribution in [1.29, 1.82) is 0 Å². The predicted molar refractivity (Wildman–Crippen MR) is 126 cm³/mol. The van der Waals surface area contributed by atoms with Gasteiger partial charge in [0.15, 0.2) is 11.5 Å². The molecule has 2 N–H and O–H groups in total. The molecule has 3 aromatic rings. The van der Waals surface area contributed by atoms with Crippen LogP contribution in [0.3, 0.4) is 0 Å². The standard InChI is InChI=1S/C25H30N4O3/c1-15-10-16(2)24(17(3)11-15)27-23-14-20-19-13-22(32-5)21(31-4)12-18(19)6-8-28(20)25(30)29(23)9-7-26/h10-14H,6-9,26H2,1-5H3. The van der Waals surface area contributed by atoms with Crippen molar-refractivity contribution in [2.45, 2.75) is 40.3 Å². The fraction of sp³-hybridized carbons (Fsp3) is 0.360. The highest BCUT2D eigenvalue weighted by molar-refractivity contribution is 5.70. The van der Waals surface area contributed by atoms with Crippen molar-refractivity contribution in [3.63, 3.8) is 0 Å². The molecule has 4 rings (SSSR count). The summed E-state index contributed by atoms with van der Waals surface area (Å²) in [7, 11) is 3.24. The number of aromatic nitrogens is 2. The maximum atomic E-state index is 13.5. The third-order valence-electron chi connectivity index (χ3n) is 6.00. The van der Waals surface area contributed by atoms with E-state index in [0.29, 0.717) is 36.6 Å². The summed E-state index contributed by atoms with van der Waals surface area (Å²) in [4.78, 5) is 18.4. The van der Waals surface area contributed by atoms with Gasteiger partial charge in [-0.05, 0) is 56.0 Å². The highest BCUT2D eigenvalue weighted by Crippen LogP contribution is 2.37. The molecule has 0 atom stereocenters. The van der Waals surface area contributed by atoms with E-state index in [0.717, 1.165) is 40.1 Å². The molecule has 0 spiro atoms. The van der Waals surface area contributed by atoms with E-state index in [1.165, 1.54) is 5.56 Å². The van der Waals surface area contributed by atoms with E-state index in [1.54, 1.807) is 23.4 Å². The van der Waals surface area contributed by atoms with Gasteiger partial charge in [-0.25, -0.2) is 9.79 Å². The van der Waals surface area contributed by atoms with E-state index < -0.39 is 0 Å². The van der Waals surface area contributed by atoms with Crippen LogP contribution in [0.25, 0.3) is 11.3 Å². The molecule has 2 heterocycles. The van der Waals surface area contributed by atoms with E-state index in [2.05, 4.69) is 19.1 Å². The molecule has 0 saturated heterocycles. The summed E-state index contributed by atoms with van der Waals surface area (Å²) >= 11 is 0. The SMILES string of the molecule is COc1cc2c(cc1OC)-c1cc(=Nc3c(C)cc(C)cc3C)n(CCN)c(=O)n1CC2. The first-order valence-corrected chi connectivity index (χ1v) is 10.8. The Balaban J connectivity index is 2.03. The Kier molecular flexibility index (Phi) is 5.93. The van der Waals surface area contributed by atoms with Gasteiger partial charge in [0.2, 0.25) is 0 Å². The Morgan fingerprint density at radius 2 is 1.66 bits per heavy atom. The highest BCUT2D eigenvalue weighted by atomic mass is 16.5. The molecule has 0 unspecified atom stereocenters. The Labute approximate surface area is 187 Å². The fourth-order valence-corrected chi connectivity index (χ4v) is 4.56. The lowest BCUT2D eigenvalue weighted by Gasteiger charge is -2.24. The van der Waals surface area contributed by atoms with E-state index in [9.17, 15) is 4.79 Å². The average molecular weight is 435 g/mol. The molecule has 0 saturated carbocycles. The zero-order valence-corrected chi connectivity index (χ0v) is 19.4. The maximum absolute atomic E-state index is 13.5. The number of aryl methyl sites for hydroxylation is 4. The number of fused-ring (bicyclic) bond motifs is 3. The second-order valence-electron chi connectivity index (χ2n) is 8.24. The number of hydrogen-bond donors (Lipinski definition) is 1. The van der Waals surface area contributed by atoms with Crippen LogP contribution in [0.4, 0.5) is 5.69 Å². The van der Waals surface area contributed by atoms with Crippen molar-refractivity contribution in [1.82, 2.24) is 9.13 Å². The predicted octanol–water partition coefficient (Wildman–Crippen LogP) is 3.01. The number of methoxy groups -OCH3 is 2. The quantitative estimate of drug-likeness (QED) is 0.669. The highest BCUT2D eigenvalue weighted by Gasteiger charge is 2.22. The van der Waals surface area contributed by atoms with Crippen molar-refractivity contribution in [2.24, 2.45) is 10.7 Å². The van der Waals surface area contributed by atoms with Crippen LogP contribution in [-0.4, -0.2) is 29.9 Å². The molecule has 1 aliphatic rings. The minimum atomic E-state index is -0.102. The number of nitrogens with two attached hydrogens (primary N) is 1. The lowest BCUT2D eigenvalue weighted by atomic mass is 9.97. The van der Waals surface area contributed by atoms with Crippen molar-refractivity contribution in [3.8, 4) is 22.8 Å². The fourth-order valence-electron chi connectivity index (χ4n) is 4.56. The van der Waals surface area contributed by atoms with Crippen LogP contribution in [0.1, 0.15) is 22.3 Å². The van der Waals surface area contributed by atoms with Gasteiger partial charge in [0.05, 0.1) is 25.6 Å². The summed E-state index contributed by atoms with van der Waals surface area (Å²) in [6, 6.07) is 10.1. The van der Waals surface area contributed by atoms with E-state index >= 15 is 0 Å². The van der Waals surface area contributed by atoms with Crippen molar-refractivity contribution in [2.75, 3.05) is 20.8 Å². The van der Waals surface area contributed by atoms with E-state index in [-0.39, 0.29) is 5.69 Å². The zero-order chi connectivity index (χ0) is 23.0. The molecule has 1 aromatic heterocycles. The number of hydrogen-bond acceptors (Lipinski definition) is 5. The third-order valence-corrected chi connectivity index (χ3v) is 6.00. The molecule has 2 aromatic carbocycles. The van der Waals surface area contributed by atoms with E-state index in [1.807, 2.05) is 32.0 Å². The first-order chi connectivity index (χ1) is 15.4. The molecule has 1 aliphatic heterocycles. The molecule has 0 amide bonds. The maximum Gasteiger partial charge on any atom is 0.330 e. The number of benzene rings is 2. The summed E-state index contributed by atoms with van der Waals surface area (Å²) in [5.41, 5.74) is 13.5. The second-order valence-corrected chi connectivity index (χ2v) is 8.24. The summed E-state index contributed by atoms with van der Waals surface area (Å²) in [5, 5.41) is 0. The van der Waals surface area contributed by atoms with Gasteiger partial charge in [0.25, 0.3) is 0 Å². The summed E-state index contributed by atoms with van der Waals surface area (Å²) in [5.74, 6) is 1.32. The van der Waals surface area contributed by atoms with Gasteiger partial charge in [0.1, 0.15) is 5.49 Å². The van der Waals surface area contributed by atoms with Crippen LogP contribution in [0.15, 0.2) is 40.1 Å². The van der Waals surface area contributed by atoms with Gasteiger partial charge in [-0.15, -0.1) is 0 Å². The molecule has 0 aliphatic carbocycles. The van der Waals surface area contributed by atoms with Crippen molar-refractivity contribution in [3.05, 3.63) is 68.6 Å². The second kappa shape index (κ2) is 8.67. The number of ether oxygens (including phenoxy) is 2. The van der Waals surface area contributed by atoms with Crippen LogP contribution >= 0.6 is 0 Å². The van der Waals surface area contributed by atoms with Crippen LogP contribution in [0.5, 0.6) is 11.5 Å². The normalized spacial score (nSPS) is 13.0. The number of rotatable bonds is 5. The molecule has 168 valence electrons. The topological polar surface area (TPSA) is 83.8 Å².